The van der Waals surface area contributed by atoms with E-state index in [-0.39, 0.29) is 24.4 Å². The Labute approximate surface area is 195 Å². The van der Waals surface area contributed by atoms with Crippen molar-refractivity contribution < 1.29 is 18.0 Å². The molecule has 8 nitrogen and oxygen atoms in total. The highest BCUT2D eigenvalue weighted by Gasteiger charge is 2.14. The van der Waals surface area contributed by atoms with Gasteiger partial charge in [-0.25, -0.2) is 23.5 Å². The molecule has 0 saturated heterocycles. The molecule has 4 aromatic rings. The summed E-state index contributed by atoms with van der Waals surface area (Å²) in [6, 6.07) is 9.48. The van der Waals surface area contributed by atoms with Crippen LogP contribution in [0.5, 0.6) is 5.75 Å². The van der Waals surface area contributed by atoms with Gasteiger partial charge in [0.2, 0.25) is 0 Å². The number of nitrogens with zero attached hydrogens (tertiary/aromatic N) is 3. The maximum absolute atomic E-state index is 14.0. The van der Waals surface area contributed by atoms with Gasteiger partial charge in [-0.2, -0.15) is 0 Å². The number of nitrogens with one attached hydrogen (secondary N) is 2. The van der Waals surface area contributed by atoms with E-state index in [9.17, 15) is 13.6 Å². The molecule has 4 rings (SSSR count). The Hall–Kier alpha value is -3.60. The normalized spacial score (nSPS) is 10.9. The second-order valence-corrected chi connectivity index (χ2v) is 7.82. The summed E-state index contributed by atoms with van der Waals surface area (Å²) in [7, 11) is 0. The fourth-order valence-corrected chi connectivity index (χ4v) is 3.64. The Morgan fingerprint density at radius 2 is 1.94 bits per heavy atom. The zero-order valence-electron chi connectivity index (χ0n) is 17.4. The molecule has 2 aromatic carbocycles. The second kappa shape index (κ2) is 9.90. The van der Waals surface area contributed by atoms with Crippen LogP contribution in [0, 0.1) is 11.6 Å². The fraction of sp³-hybridized carbons (Fsp3) is 0.182. The molecule has 2 N–H and O–H groups in total. The van der Waals surface area contributed by atoms with Crippen LogP contribution >= 0.6 is 15.9 Å². The lowest BCUT2D eigenvalue weighted by atomic mass is 10.1. The van der Waals surface area contributed by atoms with E-state index < -0.39 is 17.4 Å². The predicted octanol–water partition coefficient (Wildman–Crippen LogP) is 4.58. The van der Waals surface area contributed by atoms with Gasteiger partial charge in [-0.3, -0.25) is 9.51 Å². The van der Waals surface area contributed by atoms with Crippen LogP contribution in [-0.2, 0) is 6.42 Å². The lowest BCUT2D eigenvalue weighted by Gasteiger charge is -2.11. The first-order valence-electron chi connectivity index (χ1n) is 9.97. The minimum absolute atomic E-state index is 0.00261. The fourth-order valence-electron chi connectivity index (χ4n) is 3.24. The van der Waals surface area contributed by atoms with Gasteiger partial charge in [-0.15, -0.1) is 0 Å². The third-order valence-corrected chi connectivity index (χ3v) is 5.18. The van der Waals surface area contributed by atoms with Crippen LogP contribution in [0.4, 0.5) is 14.6 Å². The summed E-state index contributed by atoms with van der Waals surface area (Å²) in [5, 5.41) is 6.77. The van der Waals surface area contributed by atoms with E-state index in [0.717, 1.165) is 5.56 Å². The molecule has 0 aliphatic heterocycles. The maximum atomic E-state index is 14.0. The smallest absolute Gasteiger partial charge is 0.439 e. The number of H-pyrrole nitrogens is 1. The molecule has 2 heterocycles. The number of aromatic amines is 1. The summed E-state index contributed by atoms with van der Waals surface area (Å²) in [6.45, 7) is 2.51. The van der Waals surface area contributed by atoms with Gasteiger partial charge in [0.05, 0.1) is 17.9 Å². The molecule has 2 aromatic heterocycles. The van der Waals surface area contributed by atoms with Crippen LogP contribution in [0.3, 0.4) is 0 Å². The highest BCUT2D eigenvalue weighted by molar-refractivity contribution is 9.10. The first-order valence-corrected chi connectivity index (χ1v) is 10.8. The van der Waals surface area contributed by atoms with Crippen molar-refractivity contribution in [1.82, 2.24) is 20.1 Å². The average Bonchev–Trinajstić information content (AvgIpc) is 3.22. The summed E-state index contributed by atoms with van der Waals surface area (Å²) < 4.78 is 38.7. The number of benzene rings is 2. The van der Waals surface area contributed by atoms with E-state index in [4.69, 9.17) is 4.74 Å². The van der Waals surface area contributed by atoms with E-state index in [1.807, 2.05) is 6.92 Å². The van der Waals surface area contributed by atoms with Crippen molar-refractivity contribution in [1.29, 1.82) is 0 Å². The van der Waals surface area contributed by atoms with E-state index in [0.29, 0.717) is 33.9 Å². The van der Waals surface area contributed by atoms with Gasteiger partial charge in [0.15, 0.2) is 5.82 Å². The van der Waals surface area contributed by atoms with Crippen LogP contribution in [-0.4, -0.2) is 33.3 Å². The van der Waals surface area contributed by atoms with Crippen LogP contribution in [0.15, 0.2) is 56.5 Å². The van der Waals surface area contributed by atoms with Crippen molar-refractivity contribution in [2.75, 3.05) is 18.5 Å². The third-order valence-electron chi connectivity index (χ3n) is 4.73. The minimum Gasteiger partial charge on any atom is -0.493 e. The molecular formula is C22H18BrF2N5O3. The maximum Gasteiger partial charge on any atom is 0.439 e. The molecule has 0 unspecified atom stereocenters. The average molecular weight is 518 g/mol. The quantitative estimate of drug-likeness (QED) is 0.352. The number of rotatable bonds is 8. The molecule has 0 bridgehead atoms. The second-order valence-electron chi connectivity index (χ2n) is 6.90. The largest absolute Gasteiger partial charge is 0.493 e. The Morgan fingerprint density at radius 3 is 2.64 bits per heavy atom. The van der Waals surface area contributed by atoms with E-state index >= 15 is 0 Å². The topological polar surface area (TPSA) is 106 Å². The van der Waals surface area contributed by atoms with Crippen LogP contribution in [0.25, 0.3) is 22.6 Å². The number of aromatic nitrogens is 4. The van der Waals surface area contributed by atoms with Crippen LogP contribution in [0.1, 0.15) is 12.5 Å². The van der Waals surface area contributed by atoms with E-state index in [2.05, 4.69) is 45.9 Å². The molecule has 0 aliphatic carbocycles. The van der Waals surface area contributed by atoms with Crippen molar-refractivity contribution in [2.45, 2.75) is 13.3 Å². The highest BCUT2D eigenvalue weighted by Crippen LogP contribution is 2.32. The van der Waals surface area contributed by atoms with Crippen molar-refractivity contribution in [3.8, 4) is 28.4 Å². The van der Waals surface area contributed by atoms with Gasteiger partial charge in [0.1, 0.15) is 29.5 Å². The summed E-state index contributed by atoms with van der Waals surface area (Å²) >= 11 is 3.07. The summed E-state index contributed by atoms with van der Waals surface area (Å²) in [6.07, 6.45) is 1.53. The van der Waals surface area contributed by atoms with Crippen molar-refractivity contribution in [2.24, 2.45) is 0 Å². The van der Waals surface area contributed by atoms with E-state index in [1.165, 1.54) is 18.5 Å². The molecule has 11 heteroatoms. The van der Waals surface area contributed by atoms with Crippen molar-refractivity contribution >= 4 is 21.7 Å². The minimum atomic E-state index is -0.661. The Morgan fingerprint density at radius 1 is 1.15 bits per heavy atom. The lowest BCUT2D eigenvalue weighted by Crippen LogP contribution is -2.09. The molecule has 33 heavy (non-hydrogen) atoms. The summed E-state index contributed by atoms with van der Waals surface area (Å²) in [5.41, 5.74) is 1.92. The SMILES string of the molecule is CCOc1cc(-c2cc(NCCc3c(F)cc(Br)cc3F)ncn2)ccc1-c1noc(=O)[nH]1. The highest BCUT2D eigenvalue weighted by atomic mass is 79.9. The molecule has 0 saturated carbocycles. The van der Waals surface area contributed by atoms with E-state index in [1.54, 1.807) is 24.3 Å². The first-order chi connectivity index (χ1) is 15.9. The standard InChI is InChI=1S/C22H18BrF2N5O3/c1-2-32-19-7-12(3-4-15(19)21-29-22(31)33-30-21)18-10-20(28-11-27-18)26-6-5-14-16(24)8-13(23)9-17(14)25/h3-4,7-11H,2,5-6H2,1H3,(H,26,27,28)(H,29,30,31). The zero-order chi connectivity index (χ0) is 23.4. The molecule has 0 radical (unpaired) electrons. The molecule has 0 aliphatic rings. The van der Waals surface area contributed by atoms with Gasteiger partial charge in [-0.05, 0) is 37.6 Å². The number of hydrogen-bond donors (Lipinski definition) is 2. The van der Waals surface area contributed by atoms with Gasteiger partial charge in [0, 0.05) is 28.2 Å². The molecule has 0 spiro atoms. The Balaban J connectivity index is 1.52. The number of ether oxygens (including phenoxy) is 1. The van der Waals surface area contributed by atoms with Crippen molar-refractivity contribution in [3.63, 3.8) is 0 Å². The Kier molecular flexibility index (Phi) is 6.78. The molecule has 0 fully saturated rings. The predicted molar refractivity (Wildman–Crippen MR) is 121 cm³/mol. The number of hydrogen-bond acceptors (Lipinski definition) is 7. The summed E-state index contributed by atoms with van der Waals surface area (Å²) in [4.78, 5) is 22.3. The van der Waals surface area contributed by atoms with Crippen molar-refractivity contribution in [3.05, 3.63) is 74.9 Å². The van der Waals surface area contributed by atoms with Crippen LogP contribution < -0.4 is 15.8 Å². The van der Waals surface area contributed by atoms with Gasteiger partial charge < -0.3 is 10.1 Å². The lowest BCUT2D eigenvalue weighted by molar-refractivity contribution is 0.341. The number of halogens is 3. The molecule has 0 atom stereocenters. The number of anilines is 1. The zero-order valence-corrected chi connectivity index (χ0v) is 18.9. The van der Waals surface area contributed by atoms with Gasteiger partial charge in [0.25, 0.3) is 0 Å². The third kappa shape index (κ3) is 5.25. The Bertz CT molecular complexity index is 1320. The molecular weight excluding hydrogens is 500 g/mol. The monoisotopic (exact) mass is 517 g/mol. The molecule has 170 valence electrons. The van der Waals surface area contributed by atoms with Gasteiger partial charge in [-0.1, -0.05) is 27.2 Å². The molecule has 0 amide bonds. The summed E-state index contributed by atoms with van der Waals surface area (Å²) in [5.74, 6) is -0.624. The van der Waals surface area contributed by atoms with Gasteiger partial charge >= 0.3 is 5.76 Å². The first kappa shape index (κ1) is 22.6. The van der Waals surface area contributed by atoms with Crippen LogP contribution in [0.2, 0.25) is 0 Å².